The van der Waals surface area contributed by atoms with Crippen LogP contribution in [0.15, 0.2) is 194 Å². The Morgan fingerprint density at radius 1 is 0.400 bits per heavy atom. The first-order chi connectivity index (χ1) is 29.7. The fourth-order valence-corrected chi connectivity index (χ4v) is 11.4. The van der Waals surface area contributed by atoms with Crippen LogP contribution in [-0.2, 0) is 5.41 Å². The van der Waals surface area contributed by atoms with E-state index in [9.17, 15) is 0 Å². The average molecular weight is 767 g/mol. The van der Waals surface area contributed by atoms with Crippen molar-refractivity contribution in [2.45, 2.75) is 37.5 Å². The predicted octanol–water partition coefficient (Wildman–Crippen LogP) is 16.0. The molecule has 2 nitrogen and oxygen atoms in total. The number of nitrogens with zero attached hydrogens (tertiary/aromatic N) is 2. The summed E-state index contributed by atoms with van der Waals surface area (Å²) in [6.07, 6.45) is 6.32. The Hall–Kier alpha value is -7.16. The van der Waals surface area contributed by atoms with E-state index < -0.39 is 0 Å². The van der Waals surface area contributed by atoms with E-state index in [1.165, 1.54) is 120 Å². The van der Waals surface area contributed by atoms with Gasteiger partial charge in [0.05, 0.1) is 22.4 Å². The number of fused-ring (bicyclic) bond motifs is 9. The van der Waals surface area contributed by atoms with Crippen LogP contribution in [0.4, 0.5) is 17.1 Å². The van der Waals surface area contributed by atoms with E-state index in [2.05, 4.69) is 204 Å². The molecule has 0 amide bonds. The third-order valence-corrected chi connectivity index (χ3v) is 14.1. The summed E-state index contributed by atoms with van der Waals surface area (Å²) in [5.74, 6) is 0. The quantitative estimate of drug-likeness (QED) is 0.169. The molecular weight excluding hydrogens is 725 g/mol. The Morgan fingerprint density at radius 2 is 1.07 bits per heavy atom. The molecule has 0 radical (unpaired) electrons. The first-order valence-corrected chi connectivity index (χ1v) is 21.6. The second-order valence-corrected chi connectivity index (χ2v) is 17.1. The van der Waals surface area contributed by atoms with Crippen molar-refractivity contribution in [3.8, 4) is 50.2 Å². The zero-order valence-electron chi connectivity index (χ0n) is 33.4. The van der Waals surface area contributed by atoms with Crippen LogP contribution < -0.4 is 4.90 Å². The molecule has 0 atom stereocenters. The van der Waals surface area contributed by atoms with Crippen LogP contribution in [0.2, 0.25) is 0 Å². The van der Waals surface area contributed by atoms with E-state index in [1.54, 1.807) is 5.56 Å². The van der Waals surface area contributed by atoms with Crippen molar-refractivity contribution >= 4 is 49.6 Å². The molecule has 0 unspecified atom stereocenters. The SMILES string of the molecule is c1ccc(-c2ccc(N(c3cccc(-c4ccc5ccccc5c4)c3)c3cccc4c5ccc6c7c5n(c34)-c3ccccc3-c3cccc(c3-7)C63CCCCC3)cc2)cc1. The lowest BCUT2D eigenvalue weighted by atomic mass is 9.67. The van der Waals surface area contributed by atoms with Crippen LogP contribution in [0.25, 0.3) is 82.8 Å². The highest BCUT2D eigenvalue weighted by Crippen LogP contribution is 2.62. The Kier molecular flexibility index (Phi) is 7.27. The third kappa shape index (κ3) is 4.76. The summed E-state index contributed by atoms with van der Waals surface area (Å²) >= 11 is 0. The van der Waals surface area contributed by atoms with Gasteiger partial charge in [-0.05, 0) is 111 Å². The summed E-state index contributed by atoms with van der Waals surface area (Å²) in [5.41, 5.74) is 20.8. The van der Waals surface area contributed by atoms with Gasteiger partial charge in [-0.1, -0.05) is 171 Å². The van der Waals surface area contributed by atoms with E-state index in [1.807, 2.05) is 0 Å². The molecule has 9 aromatic carbocycles. The fourth-order valence-electron chi connectivity index (χ4n) is 11.4. The number of para-hydroxylation sites is 2. The molecule has 10 aromatic rings. The monoisotopic (exact) mass is 766 g/mol. The van der Waals surface area contributed by atoms with Gasteiger partial charge in [0, 0.05) is 38.7 Å². The minimum absolute atomic E-state index is 0.0687. The number of hydrogen-bond donors (Lipinski definition) is 0. The Labute approximate surface area is 350 Å². The van der Waals surface area contributed by atoms with Crippen molar-refractivity contribution in [1.29, 1.82) is 0 Å². The number of rotatable bonds is 5. The van der Waals surface area contributed by atoms with Crippen LogP contribution in [0.3, 0.4) is 0 Å². The highest BCUT2D eigenvalue weighted by Gasteiger charge is 2.47. The molecule has 1 spiro atoms. The van der Waals surface area contributed by atoms with Crippen molar-refractivity contribution in [1.82, 2.24) is 4.57 Å². The normalized spacial score (nSPS) is 14.5. The van der Waals surface area contributed by atoms with Crippen LogP contribution in [0.5, 0.6) is 0 Å². The second kappa shape index (κ2) is 12.9. The highest BCUT2D eigenvalue weighted by molar-refractivity contribution is 6.21. The fraction of sp³-hybridized carbons (Fsp3) is 0.103. The van der Waals surface area contributed by atoms with Crippen molar-refractivity contribution in [2.24, 2.45) is 0 Å². The predicted molar refractivity (Wildman–Crippen MR) is 252 cm³/mol. The van der Waals surface area contributed by atoms with Crippen LogP contribution in [-0.4, -0.2) is 4.57 Å². The summed E-state index contributed by atoms with van der Waals surface area (Å²) < 4.78 is 2.65. The van der Waals surface area contributed by atoms with Crippen molar-refractivity contribution in [2.75, 3.05) is 4.90 Å². The van der Waals surface area contributed by atoms with Gasteiger partial charge in [0.15, 0.2) is 0 Å². The molecule has 0 bridgehead atoms. The summed E-state index contributed by atoms with van der Waals surface area (Å²) in [6.45, 7) is 0. The summed E-state index contributed by atoms with van der Waals surface area (Å²) in [6, 6.07) is 72.7. The summed E-state index contributed by atoms with van der Waals surface area (Å²) in [4.78, 5) is 2.50. The molecule has 284 valence electrons. The molecular formula is C58H42N2. The Balaban J connectivity index is 1.10. The van der Waals surface area contributed by atoms with E-state index in [4.69, 9.17) is 0 Å². The van der Waals surface area contributed by atoms with E-state index in [-0.39, 0.29) is 5.41 Å². The Bertz CT molecular complexity index is 3340. The average Bonchev–Trinajstić information content (AvgIpc) is 3.75. The van der Waals surface area contributed by atoms with Crippen LogP contribution in [0.1, 0.15) is 43.2 Å². The third-order valence-electron chi connectivity index (χ3n) is 14.1. The first kappa shape index (κ1) is 33.8. The van der Waals surface area contributed by atoms with Crippen molar-refractivity contribution in [3.05, 3.63) is 205 Å². The van der Waals surface area contributed by atoms with Crippen molar-refractivity contribution < 1.29 is 0 Å². The van der Waals surface area contributed by atoms with Gasteiger partial charge in [0.2, 0.25) is 0 Å². The maximum absolute atomic E-state index is 2.65. The number of hydrogen-bond acceptors (Lipinski definition) is 1. The summed E-state index contributed by atoms with van der Waals surface area (Å²) in [7, 11) is 0. The van der Waals surface area contributed by atoms with Gasteiger partial charge >= 0.3 is 0 Å². The maximum Gasteiger partial charge on any atom is 0.0782 e. The van der Waals surface area contributed by atoms with E-state index in [0.29, 0.717) is 0 Å². The second-order valence-electron chi connectivity index (χ2n) is 17.1. The summed E-state index contributed by atoms with van der Waals surface area (Å²) in [5, 5.41) is 5.10. The molecule has 2 aliphatic carbocycles. The lowest BCUT2D eigenvalue weighted by Crippen LogP contribution is -2.28. The lowest BCUT2D eigenvalue weighted by molar-refractivity contribution is 0.353. The van der Waals surface area contributed by atoms with Crippen molar-refractivity contribution in [3.63, 3.8) is 0 Å². The van der Waals surface area contributed by atoms with Gasteiger partial charge in [-0.15, -0.1) is 0 Å². The molecule has 1 aromatic heterocycles. The van der Waals surface area contributed by atoms with Gasteiger partial charge in [-0.25, -0.2) is 0 Å². The van der Waals surface area contributed by atoms with Gasteiger partial charge in [0.1, 0.15) is 0 Å². The zero-order valence-corrected chi connectivity index (χ0v) is 33.4. The molecule has 2 heteroatoms. The molecule has 13 rings (SSSR count). The molecule has 1 aliphatic heterocycles. The minimum atomic E-state index is 0.0687. The smallest absolute Gasteiger partial charge is 0.0782 e. The van der Waals surface area contributed by atoms with E-state index in [0.717, 1.165) is 17.1 Å². The maximum atomic E-state index is 2.65. The molecule has 3 aliphatic rings. The number of aromatic nitrogens is 1. The topological polar surface area (TPSA) is 8.17 Å². The van der Waals surface area contributed by atoms with Gasteiger partial charge < -0.3 is 9.47 Å². The molecule has 60 heavy (non-hydrogen) atoms. The van der Waals surface area contributed by atoms with E-state index >= 15 is 0 Å². The minimum Gasteiger partial charge on any atom is -0.308 e. The van der Waals surface area contributed by atoms with Gasteiger partial charge in [0.25, 0.3) is 0 Å². The first-order valence-electron chi connectivity index (χ1n) is 21.6. The highest BCUT2D eigenvalue weighted by atomic mass is 15.2. The van der Waals surface area contributed by atoms with Gasteiger partial charge in [-0.2, -0.15) is 0 Å². The molecule has 1 fully saturated rings. The molecule has 0 N–H and O–H groups in total. The number of anilines is 3. The zero-order chi connectivity index (χ0) is 39.4. The van der Waals surface area contributed by atoms with Crippen LogP contribution >= 0.6 is 0 Å². The lowest BCUT2D eigenvalue weighted by Gasteiger charge is -2.36. The number of benzene rings is 9. The molecule has 1 saturated carbocycles. The van der Waals surface area contributed by atoms with Gasteiger partial charge in [-0.3, -0.25) is 0 Å². The largest absolute Gasteiger partial charge is 0.308 e. The molecule has 2 heterocycles. The molecule has 0 saturated heterocycles. The van der Waals surface area contributed by atoms with Crippen LogP contribution in [0, 0.1) is 0 Å². The standard InChI is InChI=1S/C58H42N2/c1-3-14-38(15-4-1)40-28-30-44(31-29-40)59(45-19-11-18-42(37-45)43-27-26-39-16-5-6-17-41(39)36-43)53-25-13-22-48-49-32-33-51-55-54-47(21-12-23-50(54)58(51)34-9-2-10-35-58)46-20-7-8-24-52(46)60(56(48)53)57(49)55/h1,3-8,11-33,36-37H,2,9-10,34-35H2. The Morgan fingerprint density at radius 3 is 1.95 bits per heavy atom.